The molecule has 0 aliphatic carbocycles. The maximum atomic E-state index is 10.9. The number of hydrogen-bond donors (Lipinski definition) is 1. The molecule has 0 aromatic rings. The zero-order valence-electron chi connectivity index (χ0n) is 9.46. The van der Waals surface area contributed by atoms with E-state index in [1.165, 1.54) is 0 Å². The van der Waals surface area contributed by atoms with E-state index in [2.05, 4.69) is 6.58 Å². The lowest BCUT2D eigenvalue weighted by atomic mass is 9.94. The summed E-state index contributed by atoms with van der Waals surface area (Å²) in [7, 11) is 0. The molecule has 3 nitrogen and oxygen atoms in total. The molecule has 0 heterocycles. The number of hydrogen-bond acceptors (Lipinski definition) is 3. The summed E-state index contributed by atoms with van der Waals surface area (Å²) in [5.74, 6) is -0.425. The van der Waals surface area contributed by atoms with Crippen LogP contribution in [0.5, 0.6) is 0 Å². The van der Waals surface area contributed by atoms with Gasteiger partial charge in [0.15, 0.2) is 0 Å². The molecule has 0 atom stereocenters. The Morgan fingerprint density at radius 3 is 2.21 bits per heavy atom. The van der Waals surface area contributed by atoms with Crippen molar-refractivity contribution in [3.05, 3.63) is 12.7 Å². The molecule has 0 bridgehead atoms. The van der Waals surface area contributed by atoms with E-state index in [4.69, 9.17) is 4.74 Å². The van der Waals surface area contributed by atoms with Crippen molar-refractivity contribution in [1.82, 2.24) is 0 Å². The SMILES string of the molecule is C=CC(=O)OC(C)(C)CCC(C)(C)O. The van der Waals surface area contributed by atoms with E-state index >= 15 is 0 Å². The predicted octanol–water partition coefficient (Wildman–Crippen LogP) is 2.05. The molecule has 0 aliphatic heterocycles. The fourth-order valence-corrected chi connectivity index (χ4v) is 0.972. The highest BCUT2D eigenvalue weighted by Gasteiger charge is 2.25. The van der Waals surface area contributed by atoms with E-state index in [0.717, 1.165) is 6.08 Å². The lowest BCUT2D eigenvalue weighted by molar-refractivity contribution is -0.151. The molecule has 0 amide bonds. The fraction of sp³-hybridized carbons (Fsp3) is 0.727. The van der Waals surface area contributed by atoms with Gasteiger partial charge in [-0.3, -0.25) is 0 Å². The minimum atomic E-state index is -0.724. The third-order valence-electron chi connectivity index (χ3n) is 1.88. The Balaban J connectivity index is 4.07. The summed E-state index contributed by atoms with van der Waals surface area (Å²) in [4.78, 5) is 10.9. The van der Waals surface area contributed by atoms with Crippen LogP contribution in [-0.2, 0) is 9.53 Å². The summed E-state index contributed by atoms with van der Waals surface area (Å²) in [6.45, 7) is 10.4. The van der Waals surface area contributed by atoms with Gasteiger partial charge in [-0.1, -0.05) is 6.58 Å². The van der Waals surface area contributed by atoms with Crippen molar-refractivity contribution in [3.63, 3.8) is 0 Å². The summed E-state index contributed by atoms with van der Waals surface area (Å²) in [5, 5.41) is 9.51. The Bertz CT molecular complexity index is 211. The van der Waals surface area contributed by atoms with Gasteiger partial charge in [0.05, 0.1) is 5.60 Å². The largest absolute Gasteiger partial charge is 0.457 e. The standard InChI is InChI=1S/C11H20O3/c1-6-9(12)14-11(4,5)8-7-10(2,3)13/h6,13H,1,7-8H2,2-5H3. The van der Waals surface area contributed by atoms with Gasteiger partial charge >= 0.3 is 5.97 Å². The smallest absolute Gasteiger partial charge is 0.330 e. The molecule has 0 unspecified atom stereocenters. The molecule has 0 aliphatic rings. The molecule has 0 saturated heterocycles. The molecule has 0 aromatic carbocycles. The summed E-state index contributed by atoms with van der Waals surface area (Å²) < 4.78 is 5.11. The summed E-state index contributed by atoms with van der Waals surface area (Å²) in [6.07, 6.45) is 2.35. The zero-order valence-corrected chi connectivity index (χ0v) is 9.46. The van der Waals surface area contributed by atoms with Gasteiger partial charge in [0.1, 0.15) is 5.60 Å². The van der Waals surface area contributed by atoms with Gasteiger partial charge in [-0.2, -0.15) is 0 Å². The maximum absolute atomic E-state index is 10.9. The van der Waals surface area contributed by atoms with Crippen LogP contribution in [0.2, 0.25) is 0 Å². The van der Waals surface area contributed by atoms with Crippen molar-refractivity contribution in [2.24, 2.45) is 0 Å². The second-order valence-electron chi connectivity index (χ2n) is 4.70. The number of rotatable bonds is 5. The van der Waals surface area contributed by atoms with Gasteiger partial charge in [0.2, 0.25) is 0 Å². The fourth-order valence-electron chi connectivity index (χ4n) is 0.972. The number of carbonyl (C=O) groups excluding carboxylic acids is 1. The first-order valence-electron chi connectivity index (χ1n) is 4.74. The number of esters is 1. The quantitative estimate of drug-likeness (QED) is 0.545. The van der Waals surface area contributed by atoms with Crippen molar-refractivity contribution < 1.29 is 14.6 Å². The van der Waals surface area contributed by atoms with Gasteiger partial charge in [-0.05, 0) is 40.5 Å². The Kier molecular flexibility index (Phi) is 4.33. The molecule has 0 fully saturated rings. The highest BCUT2D eigenvalue weighted by molar-refractivity contribution is 5.81. The molecule has 0 spiro atoms. The average Bonchev–Trinajstić information content (AvgIpc) is 1.99. The van der Waals surface area contributed by atoms with Crippen molar-refractivity contribution in [2.45, 2.75) is 51.7 Å². The zero-order chi connectivity index (χ0) is 11.4. The first kappa shape index (κ1) is 13.2. The van der Waals surface area contributed by atoms with Crippen molar-refractivity contribution in [3.8, 4) is 0 Å². The van der Waals surface area contributed by atoms with E-state index < -0.39 is 17.2 Å². The van der Waals surface area contributed by atoms with Crippen LogP contribution in [0.3, 0.4) is 0 Å². The average molecular weight is 200 g/mol. The number of aliphatic hydroxyl groups is 1. The molecule has 3 heteroatoms. The monoisotopic (exact) mass is 200 g/mol. The highest BCUT2D eigenvalue weighted by atomic mass is 16.6. The predicted molar refractivity (Wildman–Crippen MR) is 55.9 cm³/mol. The summed E-state index contributed by atoms with van der Waals surface area (Å²) in [5.41, 5.74) is -1.27. The van der Waals surface area contributed by atoms with Crippen molar-refractivity contribution >= 4 is 5.97 Å². The van der Waals surface area contributed by atoms with Crippen molar-refractivity contribution in [1.29, 1.82) is 0 Å². The maximum Gasteiger partial charge on any atom is 0.330 e. The van der Waals surface area contributed by atoms with Crippen LogP contribution in [0.25, 0.3) is 0 Å². The van der Waals surface area contributed by atoms with Crippen LogP contribution in [0.4, 0.5) is 0 Å². The summed E-state index contributed by atoms with van der Waals surface area (Å²) >= 11 is 0. The first-order chi connectivity index (χ1) is 6.16. The van der Waals surface area contributed by atoms with Crippen LogP contribution < -0.4 is 0 Å². The second kappa shape index (κ2) is 4.60. The Morgan fingerprint density at radius 1 is 1.36 bits per heavy atom. The Morgan fingerprint density at radius 2 is 1.86 bits per heavy atom. The van der Waals surface area contributed by atoms with E-state index in [1.807, 2.05) is 13.8 Å². The lowest BCUT2D eigenvalue weighted by Gasteiger charge is -2.27. The second-order valence-corrected chi connectivity index (χ2v) is 4.70. The molecular formula is C11H20O3. The van der Waals surface area contributed by atoms with Gasteiger partial charge in [-0.25, -0.2) is 4.79 Å². The van der Waals surface area contributed by atoms with Gasteiger partial charge in [0.25, 0.3) is 0 Å². The minimum Gasteiger partial charge on any atom is -0.457 e. The molecule has 0 radical (unpaired) electrons. The van der Waals surface area contributed by atoms with Crippen LogP contribution in [0, 0.1) is 0 Å². The van der Waals surface area contributed by atoms with E-state index in [-0.39, 0.29) is 0 Å². The first-order valence-corrected chi connectivity index (χ1v) is 4.74. The van der Waals surface area contributed by atoms with E-state index in [1.54, 1.807) is 13.8 Å². The van der Waals surface area contributed by atoms with Crippen LogP contribution in [0.15, 0.2) is 12.7 Å². The molecule has 1 N–H and O–H groups in total. The van der Waals surface area contributed by atoms with Gasteiger partial charge in [-0.15, -0.1) is 0 Å². The van der Waals surface area contributed by atoms with Gasteiger partial charge in [0, 0.05) is 6.08 Å². The lowest BCUT2D eigenvalue weighted by Crippen LogP contribution is -2.31. The molecule has 14 heavy (non-hydrogen) atoms. The minimum absolute atomic E-state index is 0.425. The Hall–Kier alpha value is -0.830. The summed E-state index contributed by atoms with van der Waals surface area (Å²) in [6, 6.07) is 0. The van der Waals surface area contributed by atoms with Crippen LogP contribution >= 0.6 is 0 Å². The van der Waals surface area contributed by atoms with Gasteiger partial charge < -0.3 is 9.84 Å². The molecule has 0 aromatic heterocycles. The topological polar surface area (TPSA) is 46.5 Å². The number of ether oxygens (including phenoxy) is 1. The Labute approximate surface area is 85.8 Å². The normalized spacial score (nSPS) is 12.4. The van der Waals surface area contributed by atoms with E-state index in [0.29, 0.717) is 12.8 Å². The number of carbonyl (C=O) groups is 1. The third-order valence-corrected chi connectivity index (χ3v) is 1.88. The third kappa shape index (κ3) is 6.66. The molecule has 0 saturated carbocycles. The van der Waals surface area contributed by atoms with Crippen molar-refractivity contribution in [2.75, 3.05) is 0 Å². The highest BCUT2D eigenvalue weighted by Crippen LogP contribution is 2.22. The van der Waals surface area contributed by atoms with Crippen LogP contribution in [0.1, 0.15) is 40.5 Å². The molecule has 0 rings (SSSR count). The van der Waals surface area contributed by atoms with Crippen LogP contribution in [-0.4, -0.2) is 22.3 Å². The molecule has 82 valence electrons. The molecular weight excluding hydrogens is 180 g/mol. The van der Waals surface area contributed by atoms with E-state index in [9.17, 15) is 9.90 Å².